The lowest BCUT2D eigenvalue weighted by Crippen LogP contribution is -2.29. The lowest BCUT2D eigenvalue weighted by Gasteiger charge is -2.25. The first kappa shape index (κ1) is 16.2. The van der Waals surface area contributed by atoms with Crippen molar-refractivity contribution >= 4 is 33.7 Å². The van der Waals surface area contributed by atoms with Crippen LogP contribution >= 0.6 is 22.7 Å². The third-order valence-corrected chi connectivity index (χ3v) is 6.81. The summed E-state index contributed by atoms with van der Waals surface area (Å²) in [5.74, 6) is 0.00766. The van der Waals surface area contributed by atoms with Crippen LogP contribution in [0.1, 0.15) is 58.6 Å². The van der Waals surface area contributed by atoms with Crippen molar-refractivity contribution in [3.63, 3.8) is 0 Å². The van der Waals surface area contributed by atoms with Crippen molar-refractivity contribution in [1.82, 2.24) is 9.88 Å². The number of piperidine rings is 1. The summed E-state index contributed by atoms with van der Waals surface area (Å²) in [6.07, 6.45) is 8.54. The highest BCUT2D eigenvalue weighted by Gasteiger charge is 2.21. The molecule has 1 N–H and O–H groups in total. The van der Waals surface area contributed by atoms with Gasteiger partial charge in [-0.25, -0.2) is 4.98 Å². The first-order valence-electron chi connectivity index (χ1n) is 8.87. The number of carbonyl (C=O) groups excluding carboxylic acids is 1. The molecule has 2 aromatic rings. The van der Waals surface area contributed by atoms with Crippen LogP contribution < -0.4 is 5.32 Å². The van der Waals surface area contributed by atoms with E-state index in [4.69, 9.17) is 0 Å². The number of hydrogen-bond donors (Lipinski definition) is 1. The van der Waals surface area contributed by atoms with E-state index in [1.165, 1.54) is 67.0 Å². The zero-order valence-electron chi connectivity index (χ0n) is 13.8. The predicted molar refractivity (Wildman–Crippen MR) is 100 cm³/mol. The summed E-state index contributed by atoms with van der Waals surface area (Å²) in [5.41, 5.74) is 3.21. The number of carbonyl (C=O) groups is 1. The van der Waals surface area contributed by atoms with Crippen LogP contribution in [0.2, 0.25) is 0 Å². The molecule has 0 atom stereocenters. The zero-order chi connectivity index (χ0) is 16.4. The molecular formula is C18H23N3OS2. The summed E-state index contributed by atoms with van der Waals surface area (Å²) in [5, 5.41) is 7.83. The van der Waals surface area contributed by atoms with Gasteiger partial charge in [0, 0.05) is 22.2 Å². The molecule has 1 fully saturated rings. The van der Waals surface area contributed by atoms with Gasteiger partial charge in [-0.05, 0) is 57.2 Å². The second-order valence-electron chi connectivity index (χ2n) is 6.69. The molecule has 0 bridgehead atoms. The Hall–Kier alpha value is -1.24. The van der Waals surface area contributed by atoms with E-state index in [9.17, 15) is 4.79 Å². The molecule has 1 amide bonds. The molecule has 3 heterocycles. The molecule has 0 radical (unpaired) electrons. The van der Waals surface area contributed by atoms with Gasteiger partial charge in [0.25, 0.3) is 5.91 Å². The Morgan fingerprint density at radius 1 is 1.08 bits per heavy atom. The monoisotopic (exact) mass is 361 g/mol. The van der Waals surface area contributed by atoms with Crippen molar-refractivity contribution in [2.24, 2.45) is 0 Å². The number of anilines is 1. The maximum Gasteiger partial charge on any atom is 0.258 e. The second-order valence-corrected chi connectivity index (χ2v) is 8.52. The summed E-state index contributed by atoms with van der Waals surface area (Å²) < 4.78 is 0. The van der Waals surface area contributed by atoms with Gasteiger partial charge in [0.2, 0.25) is 0 Å². The number of nitrogens with one attached hydrogen (secondary N) is 1. The number of aromatic nitrogens is 1. The Kier molecular flexibility index (Phi) is 4.96. The van der Waals surface area contributed by atoms with E-state index in [0.717, 1.165) is 35.8 Å². The Balaban J connectivity index is 1.40. The van der Waals surface area contributed by atoms with Crippen molar-refractivity contribution in [1.29, 1.82) is 0 Å². The molecule has 1 aliphatic heterocycles. The minimum atomic E-state index is 0.00766. The minimum Gasteiger partial charge on any atom is -0.298 e. The van der Waals surface area contributed by atoms with Crippen molar-refractivity contribution in [2.75, 3.05) is 18.4 Å². The maximum absolute atomic E-state index is 12.6. The molecule has 1 aliphatic carbocycles. The number of aryl methyl sites for hydroxylation is 1. The number of likely N-dealkylation sites (tertiary alicyclic amines) is 1. The normalized spacial score (nSPS) is 18.3. The summed E-state index contributed by atoms with van der Waals surface area (Å²) in [4.78, 5) is 21.1. The first-order chi connectivity index (χ1) is 11.8. The lowest BCUT2D eigenvalue weighted by atomic mass is 9.96. The number of thiophene rings is 1. The largest absolute Gasteiger partial charge is 0.298 e. The van der Waals surface area contributed by atoms with Crippen molar-refractivity contribution in [3.05, 3.63) is 32.5 Å². The first-order valence-corrected chi connectivity index (χ1v) is 10.6. The maximum atomic E-state index is 12.6. The standard InChI is InChI=1S/C18H23N3OS2/c22-17(15-12-23-16-7-3-2-6-14(15)16)20-18-19-13(11-24-18)10-21-8-4-1-5-9-21/h11-12H,1-10H2,(H,19,20,22). The number of nitrogens with zero attached hydrogens (tertiary/aromatic N) is 2. The minimum absolute atomic E-state index is 0.00766. The van der Waals surface area contributed by atoms with Gasteiger partial charge in [-0.3, -0.25) is 15.0 Å². The number of amides is 1. The van der Waals surface area contributed by atoms with Gasteiger partial charge in [-0.1, -0.05) is 6.42 Å². The molecule has 0 unspecified atom stereocenters. The molecule has 6 heteroatoms. The lowest BCUT2D eigenvalue weighted by molar-refractivity contribution is 0.102. The molecule has 128 valence electrons. The Morgan fingerprint density at radius 2 is 1.92 bits per heavy atom. The fourth-order valence-electron chi connectivity index (χ4n) is 3.63. The van der Waals surface area contributed by atoms with E-state index in [2.05, 4.69) is 20.6 Å². The molecular weight excluding hydrogens is 338 g/mol. The summed E-state index contributed by atoms with van der Waals surface area (Å²) >= 11 is 3.27. The Bertz CT molecular complexity index is 716. The van der Waals surface area contributed by atoms with Crippen molar-refractivity contribution in [3.8, 4) is 0 Å². The third-order valence-electron chi connectivity index (χ3n) is 4.91. The van der Waals surface area contributed by atoms with Crippen LogP contribution in [0.4, 0.5) is 5.13 Å². The van der Waals surface area contributed by atoms with Crippen LogP contribution in [-0.2, 0) is 19.4 Å². The van der Waals surface area contributed by atoms with E-state index >= 15 is 0 Å². The average Bonchev–Trinajstić information content (AvgIpc) is 3.22. The van der Waals surface area contributed by atoms with Gasteiger partial charge in [0.05, 0.1) is 11.3 Å². The van der Waals surface area contributed by atoms with E-state index in [1.54, 1.807) is 11.3 Å². The average molecular weight is 362 g/mol. The number of thiazole rings is 1. The van der Waals surface area contributed by atoms with Gasteiger partial charge < -0.3 is 0 Å². The van der Waals surface area contributed by atoms with Gasteiger partial charge in [-0.15, -0.1) is 22.7 Å². The zero-order valence-corrected chi connectivity index (χ0v) is 15.5. The second kappa shape index (κ2) is 7.33. The molecule has 4 rings (SSSR count). The number of rotatable bonds is 4. The van der Waals surface area contributed by atoms with Crippen LogP contribution in [0, 0.1) is 0 Å². The van der Waals surface area contributed by atoms with Crippen molar-refractivity contribution < 1.29 is 4.79 Å². The van der Waals surface area contributed by atoms with E-state index in [-0.39, 0.29) is 5.91 Å². The van der Waals surface area contributed by atoms with Gasteiger partial charge in [-0.2, -0.15) is 0 Å². The Labute approximate surface area is 150 Å². The van der Waals surface area contributed by atoms with Gasteiger partial charge in [0.1, 0.15) is 0 Å². The van der Waals surface area contributed by atoms with Crippen LogP contribution in [0.15, 0.2) is 10.8 Å². The quantitative estimate of drug-likeness (QED) is 0.882. The highest BCUT2D eigenvalue weighted by atomic mass is 32.1. The van der Waals surface area contributed by atoms with E-state index in [1.807, 2.05) is 5.38 Å². The van der Waals surface area contributed by atoms with E-state index in [0.29, 0.717) is 0 Å². The number of hydrogen-bond acceptors (Lipinski definition) is 5. The van der Waals surface area contributed by atoms with Crippen LogP contribution in [0.5, 0.6) is 0 Å². The molecule has 2 aromatic heterocycles. The van der Waals surface area contributed by atoms with Gasteiger partial charge in [0.15, 0.2) is 5.13 Å². The topological polar surface area (TPSA) is 45.2 Å². The fraction of sp³-hybridized carbons (Fsp3) is 0.556. The van der Waals surface area contributed by atoms with Crippen molar-refractivity contribution in [2.45, 2.75) is 51.5 Å². The molecule has 0 aromatic carbocycles. The molecule has 0 spiro atoms. The highest BCUT2D eigenvalue weighted by molar-refractivity contribution is 7.14. The SMILES string of the molecule is O=C(Nc1nc(CN2CCCCC2)cs1)c1csc2c1CCCC2. The predicted octanol–water partition coefficient (Wildman–Crippen LogP) is 4.32. The Morgan fingerprint density at radius 3 is 2.79 bits per heavy atom. The smallest absolute Gasteiger partial charge is 0.258 e. The highest BCUT2D eigenvalue weighted by Crippen LogP contribution is 2.31. The molecule has 1 saturated heterocycles. The fourth-order valence-corrected chi connectivity index (χ4v) is 5.45. The molecule has 24 heavy (non-hydrogen) atoms. The van der Waals surface area contributed by atoms with Crippen LogP contribution in [0.25, 0.3) is 0 Å². The summed E-state index contributed by atoms with van der Waals surface area (Å²) in [6, 6.07) is 0. The summed E-state index contributed by atoms with van der Waals surface area (Å²) in [7, 11) is 0. The molecule has 2 aliphatic rings. The van der Waals surface area contributed by atoms with E-state index < -0.39 is 0 Å². The summed E-state index contributed by atoms with van der Waals surface area (Å²) in [6.45, 7) is 3.24. The molecule has 0 saturated carbocycles. The molecule has 4 nitrogen and oxygen atoms in total. The third kappa shape index (κ3) is 3.55. The number of fused-ring (bicyclic) bond motifs is 1. The van der Waals surface area contributed by atoms with Crippen LogP contribution in [0.3, 0.4) is 0 Å². The van der Waals surface area contributed by atoms with Gasteiger partial charge >= 0.3 is 0 Å². The van der Waals surface area contributed by atoms with Crippen LogP contribution in [-0.4, -0.2) is 28.9 Å².